The first-order valence-corrected chi connectivity index (χ1v) is 7.09. The number of hydrogen-bond donors (Lipinski definition) is 2. The van der Waals surface area contributed by atoms with E-state index in [-0.39, 0.29) is 17.5 Å². The van der Waals surface area contributed by atoms with Crippen molar-refractivity contribution < 1.29 is 14.3 Å². The van der Waals surface area contributed by atoms with Gasteiger partial charge >= 0.3 is 6.09 Å². The summed E-state index contributed by atoms with van der Waals surface area (Å²) in [7, 11) is 1.55. The van der Waals surface area contributed by atoms with Gasteiger partial charge in [-0.3, -0.25) is 14.8 Å². The molecule has 2 amide bonds. The van der Waals surface area contributed by atoms with Crippen molar-refractivity contribution in [2.75, 3.05) is 5.32 Å². The Bertz CT molecular complexity index is 907. The topological polar surface area (TPSA) is 138 Å². The van der Waals surface area contributed by atoms with E-state index in [2.05, 4.69) is 25.6 Å². The quantitative estimate of drug-likeness (QED) is 0.722. The summed E-state index contributed by atoms with van der Waals surface area (Å²) in [6, 6.07) is 6.49. The van der Waals surface area contributed by atoms with E-state index in [0.29, 0.717) is 16.9 Å². The number of ether oxygens (including phenoxy) is 1. The van der Waals surface area contributed by atoms with Gasteiger partial charge in [0, 0.05) is 31.3 Å². The first kappa shape index (κ1) is 16.1. The highest BCUT2D eigenvalue weighted by Gasteiger charge is 2.18. The fourth-order valence-corrected chi connectivity index (χ4v) is 2.03. The number of carbonyl (C=O) groups is 2. The molecule has 0 spiro atoms. The van der Waals surface area contributed by atoms with Gasteiger partial charge in [-0.1, -0.05) is 5.21 Å². The van der Waals surface area contributed by atoms with Crippen molar-refractivity contribution in [3.8, 4) is 17.3 Å². The second kappa shape index (κ2) is 6.74. The van der Waals surface area contributed by atoms with Crippen LogP contribution in [-0.4, -0.2) is 37.0 Å². The van der Waals surface area contributed by atoms with Crippen molar-refractivity contribution in [2.45, 2.75) is 0 Å². The Morgan fingerprint density at radius 1 is 1.20 bits per heavy atom. The van der Waals surface area contributed by atoms with Crippen molar-refractivity contribution in [3.63, 3.8) is 0 Å². The number of aryl methyl sites for hydroxylation is 1. The van der Waals surface area contributed by atoms with Gasteiger partial charge in [-0.15, -0.1) is 5.10 Å². The minimum absolute atomic E-state index is 0.0639. The van der Waals surface area contributed by atoms with Crippen LogP contribution in [0.25, 0.3) is 11.4 Å². The number of nitrogens with zero attached hydrogens (tertiary/aromatic N) is 5. The van der Waals surface area contributed by atoms with Crippen LogP contribution in [0.3, 0.4) is 0 Å². The van der Waals surface area contributed by atoms with E-state index in [1.807, 2.05) is 0 Å². The lowest BCUT2D eigenvalue weighted by atomic mass is 10.2. The highest BCUT2D eigenvalue weighted by atomic mass is 16.6. The van der Waals surface area contributed by atoms with Gasteiger partial charge in [-0.05, 0) is 24.3 Å². The molecule has 0 bridgehead atoms. The zero-order valence-electron chi connectivity index (χ0n) is 13.1. The number of anilines is 1. The van der Waals surface area contributed by atoms with Crippen LogP contribution in [0.2, 0.25) is 0 Å². The van der Waals surface area contributed by atoms with Crippen LogP contribution in [0.1, 0.15) is 10.4 Å². The largest absolute Gasteiger partial charge is 0.411 e. The van der Waals surface area contributed by atoms with Gasteiger partial charge in [0.25, 0.3) is 11.8 Å². The second-order valence-corrected chi connectivity index (χ2v) is 4.91. The number of nitrogens with two attached hydrogens (primary N) is 1. The van der Waals surface area contributed by atoms with Crippen LogP contribution >= 0.6 is 0 Å². The summed E-state index contributed by atoms with van der Waals surface area (Å²) >= 11 is 0. The third-order valence-corrected chi connectivity index (χ3v) is 3.18. The van der Waals surface area contributed by atoms with Crippen molar-refractivity contribution in [1.29, 1.82) is 0 Å². The van der Waals surface area contributed by atoms with E-state index in [1.54, 1.807) is 43.7 Å². The van der Waals surface area contributed by atoms with Gasteiger partial charge in [0.2, 0.25) is 0 Å². The maximum atomic E-state index is 12.2. The monoisotopic (exact) mass is 339 g/mol. The smallest absolute Gasteiger partial charge is 0.389 e. The van der Waals surface area contributed by atoms with E-state index in [9.17, 15) is 9.59 Å². The standard InChI is InChI=1S/C15H13N7O3/c1-22-14(25-15(16)24)12(20-21-22)11-3-2-9(8-18-11)13(23)19-10-4-6-17-7-5-10/h2-8H,1H3,(H2,16,24)(H,17,19,23). The molecule has 0 aliphatic carbocycles. The highest BCUT2D eigenvalue weighted by molar-refractivity contribution is 6.04. The Kier molecular flexibility index (Phi) is 4.33. The molecular weight excluding hydrogens is 326 g/mol. The summed E-state index contributed by atoms with van der Waals surface area (Å²) in [4.78, 5) is 31.2. The summed E-state index contributed by atoms with van der Waals surface area (Å²) in [5.41, 5.74) is 6.62. The molecule has 3 heterocycles. The SMILES string of the molecule is Cn1nnc(-c2ccc(C(=O)Nc3ccncc3)cn2)c1OC(N)=O. The number of primary amides is 1. The van der Waals surface area contributed by atoms with E-state index in [4.69, 9.17) is 10.5 Å². The molecule has 3 aromatic rings. The molecule has 3 N–H and O–H groups in total. The predicted octanol–water partition coefficient (Wildman–Crippen LogP) is 0.982. The molecule has 0 fully saturated rings. The molecule has 3 rings (SSSR count). The first-order valence-electron chi connectivity index (χ1n) is 7.09. The number of nitrogens with one attached hydrogen (secondary N) is 1. The molecule has 0 atom stereocenters. The average molecular weight is 339 g/mol. The summed E-state index contributed by atoms with van der Waals surface area (Å²) < 4.78 is 6.13. The third kappa shape index (κ3) is 3.58. The lowest BCUT2D eigenvalue weighted by Crippen LogP contribution is -2.18. The highest BCUT2D eigenvalue weighted by Crippen LogP contribution is 2.25. The van der Waals surface area contributed by atoms with E-state index in [1.165, 1.54) is 10.9 Å². The number of carbonyl (C=O) groups excluding carboxylic acids is 2. The normalized spacial score (nSPS) is 10.3. The van der Waals surface area contributed by atoms with Crippen LogP contribution in [0.4, 0.5) is 10.5 Å². The molecule has 0 radical (unpaired) electrons. The molecule has 25 heavy (non-hydrogen) atoms. The minimum atomic E-state index is -0.986. The van der Waals surface area contributed by atoms with Gasteiger partial charge in [-0.2, -0.15) is 0 Å². The summed E-state index contributed by atoms with van der Waals surface area (Å²) in [5.74, 6) is -0.257. The molecule has 10 heteroatoms. The summed E-state index contributed by atoms with van der Waals surface area (Å²) in [6.07, 6.45) is 3.55. The number of amides is 2. The van der Waals surface area contributed by atoms with Gasteiger partial charge < -0.3 is 15.8 Å². The van der Waals surface area contributed by atoms with E-state index >= 15 is 0 Å². The van der Waals surface area contributed by atoms with Crippen LogP contribution in [0.5, 0.6) is 5.88 Å². The molecule has 0 saturated heterocycles. The molecule has 0 unspecified atom stereocenters. The van der Waals surface area contributed by atoms with Gasteiger partial charge in [0.15, 0.2) is 5.69 Å². The Morgan fingerprint density at radius 2 is 1.96 bits per heavy atom. The lowest BCUT2D eigenvalue weighted by Gasteiger charge is -2.05. The molecule has 0 aromatic carbocycles. The fraction of sp³-hybridized carbons (Fsp3) is 0.0667. The molecule has 0 aliphatic heterocycles. The van der Waals surface area contributed by atoms with E-state index in [0.717, 1.165) is 0 Å². The number of hydrogen-bond acceptors (Lipinski definition) is 7. The molecule has 126 valence electrons. The van der Waals surface area contributed by atoms with Crippen molar-refractivity contribution in [3.05, 3.63) is 48.4 Å². The first-order chi connectivity index (χ1) is 12.0. The second-order valence-electron chi connectivity index (χ2n) is 4.91. The zero-order valence-corrected chi connectivity index (χ0v) is 13.1. The maximum absolute atomic E-state index is 12.2. The number of pyridine rings is 2. The minimum Gasteiger partial charge on any atom is -0.389 e. The van der Waals surface area contributed by atoms with Crippen LogP contribution in [-0.2, 0) is 7.05 Å². The van der Waals surface area contributed by atoms with Crippen molar-refractivity contribution in [1.82, 2.24) is 25.0 Å². The Hall–Kier alpha value is -3.82. The number of aromatic nitrogens is 5. The molecular formula is C15H13N7O3. The molecule has 0 aliphatic rings. The summed E-state index contributed by atoms with van der Waals surface area (Å²) in [6.45, 7) is 0. The van der Waals surface area contributed by atoms with Crippen LogP contribution in [0.15, 0.2) is 42.9 Å². The molecule has 10 nitrogen and oxygen atoms in total. The Balaban J connectivity index is 1.81. The van der Waals surface area contributed by atoms with Gasteiger partial charge in [0.05, 0.1) is 11.3 Å². The molecule has 0 saturated carbocycles. The van der Waals surface area contributed by atoms with E-state index < -0.39 is 6.09 Å². The van der Waals surface area contributed by atoms with Crippen LogP contribution < -0.4 is 15.8 Å². The van der Waals surface area contributed by atoms with Gasteiger partial charge in [0.1, 0.15) is 0 Å². The Labute approximate surface area is 141 Å². The van der Waals surface area contributed by atoms with Crippen molar-refractivity contribution >= 4 is 17.7 Å². The molecule has 3 aromatic heterocycles. The average Bonchev–Trinajstić information content (AvgIpc) is 2.96. The van der Waals surface area contributed by atoms with Crippen LogP contribution in [0, 0.1) is 0 Å². The zero-order chi connectivity index (χ0) is 17.8. The van der Waals surface area contributed by atoms with Crippen molar-refractivity contribution in [2.24, 2.45) is 12.8 Å². The number of rotatable bonds is 4. The fourth-order valence-electron chi connectivity index (χ4n) is 2.03. The Morgan fingerprint density at radius 3 is 2.60 bits per heavy atom. The predicted molar refractivity (Wildman–Crippen MR) is 86.6 cm³/mol. The van der Waals surface area contributed by atoms with Gasteiger partial charge in [-0.25, -0.2) is 9.48 Å². The third-order valence-electron chi connectivity index (χ3n) is 3.18. The summed E-state index contributed by atoms with van der Waals surface area (Å²) in [5, 5.41) is 10.4. The maximum Gasteiger partial charge on any atom is 0.411 e. The lowest BCUT2D eigenvalue weighted by molar-refractivity contribution is 0.102.